The van der Waals surface area contributed by atoms with Gasteiger partial charge in [-0.15, -0.1) is 0 Å². The van der Waals surface area contributed by atoms with Crippen molar-refractivity contribution in [3.8, 4) is 0 Å². The highest BCUT2D eigenvalue weighted by Gasteiger charge is 2.28. The predicted molar refractivity (Wildman–Crippen MR) is 58.4 cm³/mol. The Hall–Kier alpha value is -0.620. The third-order valence-corrected chi connectivity index (χ3v) is 4.08. The second-order valence-corrected chi connectivity index (χ2v) is 6.07. The molecular formula is C9H18N2O3S. The molecule has 0 aromatic heterocycles. The zero-order valence-electron chi connectivity index (χ0n) is 8.95. The summed E-state index contributed by atoms with van der Waals surface area (Å²) in [5.41, 5.74) is 0. The first kappa shape index (κ1) is 12.4. The van der Waals surface area contributed by atoms with Crippen LogP contribution in [0.25, 0.3) is 0 Å². The normalized spacial score (nSPS) is 23.9. The Labute approximate surface area is 90.5 Å². The van der Waals surface area contributed by atoms with E-state index in [0.717, 1.165) is 13.0 Å². The van der Waals surface area contributed by atoms with Crippen LogP contribution in [-0.4, -0.2) is 45.0 Å². The van der Waals surface area contributed by atoms with Crippen LogP contribution in [0, 0.1) is 0 Å². The average Bonchev–Trinajstić information content (AvgIpc) is 2.46. The van der Waals surface area contributed by atoms with Gasteiger partial charge in [-0.2, -0.15) is 0 Å². The Morgan fingerprint density at radius 1 is 1.47 bits per heavy atom. The van der Waals surface area contributed by atoms with Crippen molar-refractivity contribution in [1.82, 2.24) is 10.6 Å². The molecule has 1 atom stereocenters. The highest BCUT2D eigenvalue weighted by atomic mass is 32.2. The van der Waals surface area contributed by atoms with Crippen molar-refractivity contribution >= 4 is 15.7 Å². The lowest BCUT2D eigenvalue weighted by atomic mass is 10.2. The first-order valence-corrected chi connectivity index (χ1v) is 7.06. The van der Waals surface area contributed by atoms with Gasteiger partial charge in [-0.3, -0.25) is 4.79 Å². The fourth-order valence-corrected chi connectivity index (χ4v) is 3.24. The quantitative estimate of drug-likeness (QED) is 0.616. The van der Waals surface area contributed by atoms with Crippen LogP contribution in [0.2, 0.25) is 0 Å². The summed E-state index contributed by atoms with van der Waals surface area (Å²) in [6.45, 7) is 3.09. The standard InChI is InChI=1S/C9H18N2O3S/c1-2-4-10-6-9(12)11-8-3-5-15(13,14)7-8/h8,10H,2-7H2,1H3,(H,11,12)/t8-/m0/s1. The second-order valence-electron chi connectivity index (χ2n) is 3.84. The zero-order chi connectivity index (χ0) is 11.3. The van der Waals surface area contributed by atoms with Crippen molar-refractivity contribution in [3.63, 3.8) is 0 Å². The molecule has 0 aromatic carbocycles. The van der Waals surface area contributed by atoms with E-state index in [1.807, 2.05) is 6.92 Å². The van der Waals surface area contributed by atoms with Crippen molar-refractivity contribution in [3.05, 3.63) is 0 Å². The molecule has 1 saturated heterocycles. The zero-order valence-corrected chi connectivity index (χ0v) is 9.77. The highest BCUT2D eigenvalue weighted by molar-refractivity contribution is 7.91. The molecule has 1 rings (SSSR count). The summed E-state index contributed by atoms with van der Waals surface area (Å²) in [5.74, 6) is 0.165. The summed E-state index contributed by atoms with van der Waals surface area (Å²) >= 11 is 0. The van der Waals surface area contributed by atoms with Crippen LogP contribution in [0.15, 0.2) is 0 Å². The van der Waals surface area contributed by atoms with E-state index in [4.69, 9.17) is 0 Å². The summed E-state index contributed by atoms with van der Waals surface area (Å²) < 4.78 is 22.2. The van der Waals surface area contributed by atoms with Crippen LogP contribution >= 0.6 is 0 Å². The van der Waals surface area contributed by atoms with E-state index >= 15 is 0 Å². The molecule has 1 heterocycles. The minimum Gasteiger partial charge on any atom is -0.351 e. The molecule has 88 valence electrons. The number of carbonyl (C=O) groups excluding carboxylic acids is 1. The van der Waals surface area contributed by atoms with Gasteiger partial charge in [0.2, 0.25) is 5.91 Å². The van der Waals surface area contributed by atoms with Gasteiger partial charge < -0.3 is 10.6 Å². The first-order valence-electron chi connectivity index (χ1n) is 5.24. The van der Waals surface area contributed by atoms with E-state index in [-0.39, 0.29) is 30.0 Å². The maximum absolute atomic E-state index is 11.3. The van der Waals surface area contributed by atoms with Gasteiger partial charge in [-0.05, 0) is 19.4 Å². The van der Waals surface area contributed by atoms with E-state index in [1.54, 1.807) is 0 Å². The van der Waals surface area contributed by atoms with Gasteiger partial charge in [-0.25, -0.2) is 8.42 Å². The first-order chi connectivity index (χ1) is 7.03. The van der Waals surface area contributed by atoms with Gasteiger partial charge in [-0.1, -0.05) is 6.92 Å². The van der Waals surface area contributed by atoms with E-state index in [1.165, 1.54) is 0 Å². The van der Waals surface area contributed by atoms with Crippen LogP contribution < -0.4 is 10.6 Å². The molecule has 0 aliphatic carbocycles. The minimum atomic E-state index is -2.90. The van der Waals surface area contributed by atoms with E-state index in [9.17, 15) is 13.2 Å². The molecule has 0 unspecified atom stereocenters. The summed E-state index contributed by atoms with van der Waals surface area (Å²) in [5, 5.41) is 5.68. The van der Waals surface area contributed by atoms with Crippen molar-refractivity contribution in [2.75, 3.05) is 24.6 Å². The lowest BCUT2D eigenvalue weighted by Gasteiger charge is -2.10. The molecule has 6 heteroatoms. The van der Waals surface area contributed by atoms with Crippen molar-refractivity contribution < 1.29 is 13.2 Å². The van der Waals surface area contributed by atoms with Gasteiger partial charge in [0, 0.05) is 6.04 Å². The molecule has 1 aliphatic rings. The molecule has 0 aromatic rings. The molecule has 1 aliphatic heterocycles. The number of hydrogen-bond donors (Lipinski definition) is 2. The van der Waals surface area contributed by atoms with Crippen molar-refractivity contribution in [2.45, 2.75) is 25.8 Å². The molecular weight excluding hydrogens is 216 g/mol. The molecule has 0 saturated carbocycles. The summed E-state index contributed by atoms with van der Waals surface area (Å²) in [6.07, 6.45) is 1.52. The lowest BCUT2D eigenvalue weighted by Crippen LogP contribution is -2.41. The minimum absolute atomic E-state index is 0.0898. The monoisotopic (exact) mass is 234 g/mol. The summed E-state index contributed by atoms with van der Waals surface area (Å²) in [4.78, 5) is 11.3. The van der Waals surface area contributed by atoms with Crippen LogP contribution in [0.5, 0.6) is 0 Å². The Kier molecular flexibility index (Phi) is 4.53. The maximum atomic E-state index is 11.3. The van der Waals surface area contributed by atoms with Crippen molar-refractivity contribution in [1.29, 1.82) is 0 Å². The molecule has 0 radical (unpaired) electrons. The third-order valence-electron chi connectivity index (χ3n) is 2.31. The number of sulfone groups is 1. The largest absolute Gasteiger partial charge is 0.351 e. The lowest BCUT2D eigenvalue weighted by molar-refractivity contribution is -0.120. The number of carbonyl (C=O) groups is 1. The van der Waals surface area contributed by atoms with Gasteiger partial charge >= 0.3 is 0 Å². The fraction of sp³-hybridized carbons (Fsp3) is 0.889. The summed E-state index contributed by atoms with van der Waals surface area (Å²) in [6, 6.07) is -0.189. The number of amides is 1. The maximum Gasteiger partial charge on any atom is 0.234 e. The Balaban J connectivity index is 2.22. The molecule has 2 N–H and O–H groups in total. The Morgan fingerprint density at radius 3 is 2.73 bits per heavy atom. The van der Waals surface area contributed by atoms with Gasteiger partial charge in [0.1, 0.15) is 0 Å². The van der Waals surface area contributed by atoms with Gasteiger partial charge in [0.05, 0.1) is 18.1 Å². The molecule has 15 heavy (non-hydrogen) atoms. The average molecular weight is 234 g/mol. The van der Waals surface area contributed by atoms with E-state index in [0.29, 0.717) is 6.42 Å². The smallest absolute Gasteiger partial charge is 0.234 e. The third kappa shape index (κ3) is 4.61. The van der Waals surface area contributed by atoms with Crippen LogP contribution in [0.4, 0.5) is 0 Å². The molecule has 5 nitrogen and oxygen atoms in total. The number of rotatable bonds is 5. The molecule has 0 spiro atoms. The second kappa shape index (κ2) is 5.46. The van der Waals surface area contributed by atoms with Crippen molar-refractivity contribution in [2.24, 2.45) is 0 Å². The van der Waals surface area contributed by atoms with Crippen LogP contribution in [-0.2, 0) is 14.6 Å². The predicted octanol–water partition coefficient (Wildman–Crippen LogP) is -0.711. The molecule has 1 amide bonds. The topological polar surface area (TPSA) is 75.3 Å². The van der Waals surface area contributed by atoms with Gasteiger partial charge in [0.15, 0.2) is 9.84 Å². The SMILES string of the molecule is CCCNCC(=O)N[C@H]1CCS(=O)(=O)C1. The number of hydrogen-bond acceptors (Lipinski definition) is 4. The van der Waals surface area contributed by atoms with E-state index < -0.39 is 9.84 Å². The Morgan fingerprint density at radius 2 is 2.20 bits per heavy atom. The van der Waals surface area contributed by atoms with Gasteiger partial charge in [0.25, 0.3) is 0 Å². The Bertz CT molecular complexity index is 313. The fourth-order valence-electron chi connectivity index (χ4n) is 1.57. The highest BCUT2D eigenvalue weighted by Crippen LogP contribution is 2.10. The molecule has 0 bridgehead atoms. The molecule has 1 fully saturated rings. The van der Waals surface area contributed by atoms with Crippen LogP contribution in [0.1, 0.15) is 19.8 Å². The summed E-state index contributed by atoms with van der Waals surface area (Å²) in [7, 11) is -2.90. The number of nitrogens with one attached hydrogen (secondary N) is 2. The van der Waals surface area contributed by atoms with E-state index in [2.05, 4.69) is 10.6 Å². The van der Waals surface area contributed by atoms with Crippen LogP contribution in [0.3, 0.4) is 0 Å².